The summed E-state index contributed by atoms with van der Waals surface area (Å²) in [6, 6.07) is 12.1. The molecule has 0 radical (unpaired) electrons. The standard InChI is InChI=1S/C16H16Br2ClNO/c1-3-21-15-5-4-10(8-14(15)18)16(20-2)11-6-12(17)9-13(19)7-11/h4-9,16,20H,3H2,1-2H3. The predicted octanol–water partition coefficient (Wildman–Crippen LogP) is 5.57. The van der Waals surface area contributed by atoms with E-state index >= 15 is 0 Å². The maximum Gasteiger partial charge on any atom is 0.133 e. The Morgan fingerprint density at radius 3 is 2.48 bits per heavy atom. The van der Waals surface area contributed by atoms with Crippen LogP contribution in [0.25, 0.3) is 0 Å². The van der Waals surface area contributed by atoms with Crippen molar-refractivity contribution in [3.8, 4) is 5.75 Å². The number of hydrogen-bond donors (Lipinski definition) is 1. The predicted molar refractivity (Wildman–Crippen MR) is 95.4 cm³/mol. The SMILES string of the molecule is CCOc1ccc(C(NC)c2cc(Cl)cc(Br)c2)cc1Br. The van der Waals surface area contributed by atoms with Crippen molar-refractivity contribution in [3.63, 3.8) is 0 Å². The van der Waals surface area contributed by atoms with Crippen LogP contribution in [0.2, 0.25) is 5.02 Å². The van der Waals surface area contributed by atoms with Crippen LogP contribution >= 0.6 is 43.5 Å². The molecule has 1 atom stereocenters. The zero-order chi connectivity index (χ0) is 15.4. The van der Waals surface area contributed by atoms with Crippen molar-refractivity contribution in [2.24, 2.45) is 0 Å². The molecule has 2 rings (SSSR count). The lowest BCUT2D eigenvalue weighted by molar-refractivity contribution is 0.338. The zero-order valence-corrected chi connectivity index (χ0v) is 15.7. The Balaban J connectivity index is 2.39. The first kappa shape index (κ1) is 16.8. The molecule has 0 saturated carbocycles. The Morgan fingerprint density at radius 2 is 1.90 bits per heavy atom. The molecule has 0 amide bonds. The van der Waals surface area contributed by atoms with Crippen LogP contribution in [0.15, 0.2) is 45.3 Å². The van der Waals surface area contributed by atoms with Crippen molar-refractivity contribution in [2.75, 3.05) is 13.7 Å². The summed E-state index contributed by atoms with van der Waals surface area (Å²) in [4.78, 5) is 0. The molecular weight excluding hydrogens is 417 g/mol. The Hall–Kier alpha value is -0.550. The van der Waals surface area contributed by atoms with Crippen molar-refractivity contribution in [3.05, 3.63) is 61.5 Å². The number of benzene rings is 2. The minimum Gasteiger partial charge on any atom is -0.493 e. The van der Waals surface area contributed by atoms with Gasteiger partial charge in [0.05, 0.1) is 17.1 Å². The van der Waals surface area contributed by atoms with Gasteiger partial charge in [-0.25, -0.2) is 0 Å². The number of nitrogens with one attached hydrogen (secondary N) is 1. The van der Waals surface area contributed by atoms with Crippen LogP contribution in [0.4, 0.5) is 0 Å². The van der Waals surface area contributed by atoms with Gasteiger partial charge >= 0.3 is 0 Å². The first-order valence-electron chi connectivity index (χ1n) is 6.60. The van der Waals surface area contributed by atoms with E-state index in [2.05, 4.69) is 55.4 Å². The van der Waals surface area contributed by atoms with Gasteiger partial charge in [-0.05, 0) is 71.4 Å². The highest BCUT2D eigenvalue weighted by molar-refractivity contribution is 9.10. The normalized spacial score (nSPS) is 12.2. The van der Waals surface area contributed by atoms with Gasteiger partial charge in [0.15, 0.2) is 0 Å². The van der Waals surface area contributed by atoms with Gasteiger partial charge in [-0.1, -0.05) is 33.6 Å². The summed E-state index contributed by atoms with van der Waals surface area (Å²) in [6.45, 7) is 2.62. The molecule has 0 aliphatic carbocycles. The van der Waals surface area contributed by atoms with Gasteiger partial charge in [-0.15, -0.1) is 0 Å². The first-order valence-corrected chi connectivity index (χ1v) is 8.57. The molecule has 5 heteroatoms. The molecule has 1 unspecified atom stereocenters. The van der Waals surface area contributed by atoms with Crippen LogP contribution in [0, 0.1) is 0 Å². The average molecular weight is 434 g/mol. The number of rotatable bonds is 5. The Morgan fingerprint density at radius 1 is 1.14 bits per heavy atom. The molecule has 112 valence electrons. The van der Waals surface area contributed by atoms with Crippen LogP contribution < -0.4 is 10.1 Å². The fraction of sp³-hybridized carbons (Fsp3) is 0.250. The van der Waals surface area contributed by atoms with E-state index in [1.807, 2.05) is 32.2 Å². The highest BCUT2D eigenvalue weighted by Gasteiger charge is 2.15. The number of halogens is 3. The fourth-order valence-corrected chi connectivity index (χ4v) is 3.63. The molecule has 2 aromatic rings. The highest BCUT2D eigenvalue weighted by Crippen LogP contribution is 2.32. The monoisotopic (exact) mass is 431 g/mol. The van der Waals surface area contributed by atoms with E-state index in [1.54, 1.807) is 0 Å². The smallest absolute Gasteiger partial charge is 0.133 e. The summed E-state index contributed by atoms with van der Waals surface area (Å²) in [6.07, 6.45) is 0. The van der Waals surface area contributed by atoms with Crippen LogP contribution in [0.3, 0.4) is 0 Å². The third kappa shape index (κ3) is 4.22. The molecule has 0 bridgehead atoms. The van der Waals surface area contributed by atoms with Crippen molar-refractivity contribution in [2.45, 2.75) is 13.0 Å². The van der Waals surface area contributed by atoms with Crippen LogP contribution in [0.5, 0.6) is 5.75 Å². The third-order valence-electron chi connectivity index (χ3n) is 3.10. The molecule has 0 aliphatic rings. The van der Waals surface area contributed by atoms with Crippen molar-refractivity contribution in [1.82, 2.24) is 5.32 Å². The Bertz CT molecular complexity index is 613. The summed E-state index contributed by atoms with van der Waals surface area (Å²) < 4.78 is 7.47. The van der Waals surface area contributed by atoms with Gasteiger partial charge in [0.25, 0.3) is 0 Å². The second kappa shape index (κ2) is 7.63. The van der Waals surface area contributed by atoms with E-state index in [0.717, 1.165) is 25.8 Å². The van der Waals surface area contributed by atoms with E-state index in [0.29, 0.717) is 11.6 Å². The summed E-state index contributed by atoms with van der Waals surface area (Å²) in [5.74, 6) is 0.850. The van der Waals surface area contributed by atoms with Crippen LogP contribution in [0.1, 0.15) is 24.1 Å². The molecule has 21 heavy (non-hydrogen) atoms. The molecular formula is C16H16Br2ClNO. The van der Waals surface area contributed by atoms with Gasteiger partial charge in [0, 0.05) is 9.50 Å². The minimum absolute atomic E-state index is 0.0620. The van der Waals surface area contributed by atoms with Crippen molar-refractivity contribution in [1.29, 1.82) is 0 Å². The lowest BCUT2D eigenvalue weighted by atomic mass is 9.99. The maximum atomic E-state index is 6.15. The summed E-state index contributed by atoms with van der Waals surface area (Å²) in [7, 11) is 1.93. The van der Waals surface area contributed by atoms with E-state index < -0.39 is 0 Å². The van der Waals surface area contributed by atoms with Gasteiger partial charge < -0.3 is 10.1 Å². The van der Waals surface area contributed by atoms with Crippen LogP contribution in [-0.2, 0) is 0 Å². The molecule has 1 N–H and O–H groups in total. The van der Waals surface area contributed by atoms with Crippen molar-refractivity contribution < 1.29 is 4.74 Å². The molecule has 2 aromatic carbocycles. The Labute approximate surface area is 147 Å². The lowest BCUT2D eigenvalue weighted by Crippen LogP contribution is -2.17. The van der Waals surface area contributed by atoms with Gasteiger partial charge in [0.1, 0.15) is 5.75 Å². The molecule has 0 spiro atoms. The number of hydrogen-bond acceptors (Lipinski definition) is 2. The molecule has 0 aliphatic heterocycles. The first-order chi connectivity index (χ1) is 10.0. The average Bonchev–Trinajstić information content (AvgIpc) is 2.41. The molecule has 0 aromatic heterocycles. The van der Waals surface area contributed by atoms with Crippen molar-refractivity contribution >= 4 is 43.5 Å². The highest BCUT2D eigenvalue weighted by atomic mass is 79.9. The summed E-state index contributed by atoms with van der Waals surface area (Å²) >= 11 is 13.2. The molecule has 0 fully saturated rings. The van der Waals surface area contributed by atoms with Gasteiger partial charge in [0.2, 0.25) is 0 Å². The molecule has 0 heterocycles. The lowest BCUT2D eigenvalue weighted by Gasteiger charge is -2.19. The second-order valence-electron chi connectivity index (χ2n) is 4.55. The third-order valence-corrected chi connectivity index (χ3v) is 4.39. The van der Waals surface area contributed by atoms with Crippen LogP contribution in [-0.4, -0.2) is 13.7 Å². The van der Waals surface area contributed by atoms with E-state index in [1.165, 1.54) is 0 Å². The summed E-state index contributed by atoms with van der Waals surface area (Å²) in [5.41, 5.74) is 2.25. The topological polar surface area (TPSA) is 21.3 Å². The van der Waals surface area contributed by atoms with E-state index in [4.69, 9.17) is 16.3 Å². The van der Waals surface area contributed by atoms with E-state index in [9.17, 15) is 0 Å². The molecule has 2 nitrogen and oxygen atoms in total. The molecule has 0 saturated heterocycles. The van der Waals surface area contributed by atoms with E-state index in [-0.39, 0.29) is 6.04 Å². The number of ether oxygens (including phenoxy) is 1. The second-order valence-corrected chi connectivity index (χ2v) is 6.75. The minimum atomic E-state index is 0.0620. The maximum absolute atomic E-state index is 6.15. The Kier molecular flexibility index (Phi) is 6.11. The van der Waals surface area contributed by atoms with Gasteiger partial charge in [-0.3, -0.25) is 0 Å². The summed E-state index contributed by atoms with van der Waals surface area (Å²) in [5, 5.41) is 4.04. The fourth-order valence-electron chi connectivity index (χ4n) is 2.24. The largest absolute Gasteiger partial charge is 0.493 e. The zero-order valence-electron chi connectivity index (χ0n) is 11.8. The van der Waals surface area contributed by atoms with Gasteiger partial charge in [-0.2, -0.15) is 0 Å². The quantitative estimate of drug-likeness (QED) is 0.665.